The lowest BCUT2D eigenvalue weighted by Crippen LogP contribution is -2.42. The summed E-state index contributed by atoms with van der Waals surface area (Å²) in [7, 11) is 1.65. The molecule has 0 unspecified atom stereocenters. The number of aromatic amines is 1. The van der Waals surface area contributed by atoms with Crippen molar-refractivity contribution in [1.82, 2.24) is 4.98 Å². The molecule has 2 bridgehead atoms. The third-order valence-corrected chi connectivity index (χ3v) is 10.8. The highest BCUT2D eigenvalue weighted by molar-refractivity contribution is 8.00. The van der Waals surface area contributed by atoms with Crippen molar-refractivity contribution in [3.8, 4) is 5.75 Å². The summed E-state index contributed by atoms with van der Waals surface area (Å²) in [5.74, 6) is 0.611. The maximum absolute atomic E-state index is 13.7. The topological polar surface area (TPSA) is 79.5 Å². The first-order valence-electron chi connectivity index (χ1n) is 11.5. The summed E-state index contributed by atoms with van der Waals surface area (Å²) in [5.41, 5.74) is 1.80. The van der Waals surface area contributed by atoms with E-state index in [0.717, 1.165) is 27.6 Å². The summed E-state index contributed by atoms with van der Waals surface area (Å²) < 4.78 is 5.36. The number of rotatable bonds is 3. The van der Waals surface area contributed by atoms with Crippen LogP contribution in [0.4, 0.5) is 5.69 Å². The highest BCUT2D eigenvalue weighted by Crippen LogP contribution is 2.68. The third-order valence-electron chi connectivity index (χ3n) is 8.21. The molecule has 172 valence electrons. The van der Waals surface area contributed by atoms with E-state index in [1.165, 1.54) is 16.2 Å². The average molecular weight is 491 g/mol. The van der Waals surface area contributed by atoms with E-state index in [4.69, 9.17) is 4.74 Å². The number of hydrogen-bond acceptors (Lipinski definition) is 6. The first-order valence-corrected chi connectivity index (χ1v) is 13.2. The van der Waals surface area contributed by atoms with E-state index in [1.807, 2.05) is 42.5 Å². The van der Waals surface area contributed by atoms with E-state index in [-0.39, 0.29) is 57.4 Å². The number of nitrogens with zero attached hydrogens (tertiary/aromatic N) is 1. The number of thioether (sulfide) groups is 1. The first-order chi connectivity index (χ1) is 16.6. The Morgan fingerprint density at radius 1 is 0.941 bits per heavy atom. The number of para-hydroxylation sites is 1. The van der Waals surface area contributed by atoms with Gasteiger partial charge >= 0.3 is 4.87 Å². The van der Waals surface area contributed by atoms with Gasteiger partial charge in [0.25, 0.3) is 0 Å². The molecule has 7 atom stereocenters. The minimum Gasteiger partial charge on any atom is -0.497 e. The minimum atomic E-state index is -0.280. The lowest BCUT2D eigenvalue weighted by atomic mass is 9.68. The van der Waals surface area contributed by atoms with E-state index < -0.39 is 0 Å². The van der Waals surface area contributed by atoms with Gasteiger partial charge in [-0.25, -0.2) is 0 Å². The molecule has 1 N–H and O–H groups in total. The zero-order valence-electron chi connectivity index (χ0n) is 18.3. The molecule has 4 aliphatic rings. The molecular formula is C26H22N2O4S2. The zero-order valence-corrected chi connectivity index (χ0v) is 20.0. The smallest absolute Gasteiger partial charge is 0.305 e. The molecule has 6 nitrogen and oxygen atoms in total. The number of thiazole rings is 1. The van der Waals surface area contributed by atoms with Gasteiger partial charge in [-0.05, 0) is 54.0 Å². The number of aromatic nitrogens is 1. The Kier molecular flexibility index (Phi) is 4.42. The Morgan fingerprint density at radius 3 is 2.35 bits per heavy atom. The Labute approximate surface area is 204 Å². The summed E-state index contributed by atoms with van der Waals surface area (Å²) in [4.78, 5) is 45.1. The molecule has 2 saturated carbocycles. The highest BCUT2D eigenvalue weighted by atomic mass is 32.2. The number of carbonyl (C=O) groups excluding carboxylic acids is 2. The molecule has 3 aromatic rings. The van der Waals surface area contributed by atoms with Crippen molar-refractivity contribution < 1.29 is 14.3 Å². The average Bonchev–Trinajstić information content (AvgIpc) is 3.58. The van der Waals surface area contributed by atoms with E-state index >= 15 is 0 Å². The number of methoxy groups -OCH3 is 1. The van der Waals surface area contributed by atoms with Crippen LogP contribution in [0.15, 0.2) is 64.4 Å². The third kappa shape index (κ3) is 2.66. The molecule has 2 aliphatic carbocycles. The van der Waals surface area contributed by atoms with Crippen LogP contribution in [0.25, 0.3) is 0 Å². The number of hydrogen-bond donors (Lipinski definition) is 1. The van der Waals surface area contributed by atoms with Gasteiger partial charge in [0.1, 0.15) is 5.75 Å². The van der Waals surface area contributed by atoms with Gasteiger partial charge in [-0.2, -0.15) is 0 Å². The molecule has 0 spiro atoms. The van der Waals surface area contributed by atoms with Crippen molar-refractivity contribution >= 4 is 40.6 Å². The normalized spacial score (nSPS) is 33.1. The van der Waals surface area contributed by atoms with Gasteiger partial charge in [-0.15, -0.1) is 11.8 Å². The molecule has 0 radical (unpaired) electrons. The van der Waals surface area contributed by atoms with Gasteiger partial charge in [0.15, 0.2) is 0 Å². The van der Waals surface area contributed by atoms with Crippen LogP contribution in [0.5, 0.6) is 5.75 Å². The van der Waals surface area contributed by atoms with Crippen LogP contribution in [0, 0.1) is 29.6 Å². The second-order valence-corrected chi connectivity index (χ2v) is 11.8. The van der Waals surface area contributed by atoms with Gasteiger partial charge in [-0.3, -0.25) is 19.3 Å². The van der Waals surface area contributed by atoms with Crippen LogP contribution in [0.3, 0.4) is 0 Å². The number of amides is 2. The zero-order chi connectivity index (χ0) is 23.1. The fraction of sp³-hybridized carbons (Fsp3) is 0.346. The number of anilines is 1. The fourth-order valence-corrected chi connectivity index (χ4v) is 9.92. The van der Waals surface area contributed by atoms with E-state index in [1.54, 1.807) is 18.9 Å². The van der Waals surface area contributed by atoms with E-state index in [0.29, 0.717) is 5.69 Å². The van der Waals surface area contributed by atoms with Gasteiger partial charge in [-0.1, -0.05) is 41.7 Å². The Morgan fingerprint density at radius 2 is 1.65 bits per heavy atom. The first kappa shape index (κ1) is 20.5. The van der Waals surface area contributed by atoms with Crippen molar-refractivity contribution in [2.75, 3.05) is 12.0 Å². The molecule has 8 heteroatoms. The summed E-state index contributed by atoms with van der Waals surface area (Å²) >= 11 is 2.99. The molecule has 34 heavy (non-hydrogen) atoms. The van der Waals surface area contributed by atoms with Gasteiger partial charge in [0.2, 0.25) is 11.8 Å². The minimum absolute atomic E-state index is 0.0285. The van der Waals surface area contributed by atoms with Crippen LogP contribution >= 0.6 is 23.1 Å². The summed E-state index contributed by atoms with van der Waals surface area (Å²) in [5, 5.41) is 1.13. The van der Waals surface area contributed by atoms with Crippen LogP contribution in [-0.2, 0) is 9.59 Å². The largest absolute Gasteiger partial charge is 0.497 e. The number of carbonyl (C=O) groups is 2. The van der Waals surface area contributed by atoms with Crippen LogP contribution < -0.4 is 14.5 Å². The predicted molar refractivity (Wildman–Crippen MR) is 130 cm³/mol. The molecule has 1 saturated heterocycles. The summed E-state index contributed by atoms with van der Waals surface area (Å²) in [6, 6.07) is 17.4. The molecule has 7 rings (SSSR count). The number of benzene rings is 2. The van der Waals surface area contributed by atoms with Gasteiger partial charge in [0, 0.05) is 16.0 Å². The SMILES string of the molecule is COc1ccc([C@@H]2c3sc(=O)[nH]c3S[C@@H]3[C@@H]4C[C@@H]([C@H]5C(=O)N(c6ccccc6)C(=O)[C@@H]45)[C@@H]23)cc1. The number of imide groups is 1. The molecule has 1 aromatic heterocycles. The van der Waals surface area contributed by atoms with Crippen LogP contribution in [0.2, 0.25) is 0 Å². The number of nitrogens with one attached hydrogen (secondary N) is 1. The number of ether oxygens (including phenoxy) is 1. The van der Waals surface area contributed by atoms with Gasteiger partial charge in [0.05, 0.1) is 29.7 Å². The Bertz CT molecular complexity index is 1370. The summed E-state index contributed by atoms with van der Waals surface area (Å²) in [6.45, 7) is 0. The lowest BCUT2D eigenvalue weighted by molar-refractivity contribution is -0.123. The molecule has 2 aliphatic heterocycles. The van der Waals surface area contributed by atoms with Crippen molar-refractivity contribution in [2.24, 2.45) is 29.6 Å². The number of H-pyrrole nitrogens is 1. The Hall–Kier alpha value is -2.84. The summed E-state index contributed by atoms with van der Waals surface area (Å²) in [6.07, 6.45) is 0.892. The Balaban J connectivity index is 1.33. The fourth-order valence-electron chi connectivity index (χ4n) is 7.03. The monoisotopic (exact) mass is 490 g/mol. The second-order valence-electron chi connectivity index (χ2n) is 9.58. The second kappa shape index (κ2) is 7.33. The van der Waals surface area contributed by atoms with Crippen molar-refractivity contribution in [3.05, 3.63) is 74.7 Å². The lowest BCUT2D eigenvalue weighted by Gasteiger charge is -2.43. The van der Waals surface area contributed by atoms with Crippen LogP contribution in [-0.4, -0.2) is 29.2 Å². The number of fused-ring (bicyclic) bond motifs is 9. The van der Waals surface area contributed by atoms with Crippen molar-refractivity contribution in [2.45, 2.75) is 22.6 Å². The van der Waals surface area contributed by atoms with E-state index in [2.05, 4.69) is 17.1 Å². The van der Waals surface area contributed by atoms with Crippen molar-refractivity contribution in [3.63, 3.8) is 0 Å². The van der Waals surface area contributed by atoms with E-state index in [9.17, 15) is 14.4 Å². The highest BCUT2D eigenvalue weighted by Gasteiger charge is 2.69. The van der Waals surface area contributed by atoms with Crippen molar-refractivity contribution in [1.29, 1.82) is 0 Å². The predicted octanol–water partition coefficient (Wildman–Crippen LogP) is 4.12. The maximum atomic E-state index is 13.7. The molecule has 2 amide bonds. The molecule has 2 aromatic carbocycles. The quantitative estimate of drug-likeness (QED) is 0.559. The maximum Gasteiger partial charge on any atom is 0.305 e. The van der Waals surface area contributed by atoms with Gasteiger partial charge < -0.3 is 9.72 Å². The molecule has 3 heterocycles. The molecule has 3 fully saturated rings. The standard InChI is InChI=1S/C26H22N2O4S2/c1-32-14-9-7-12(8-10-14)17-18-15-11-16(21(18)33-23-22(17)34-26(31)27-23)20-19(15)24(29)28(25(20)30)13-5-3-2-4-6-13/h2-10,15-21H,11H2,1H3,(H,27,31)/t15-,16-,17+,18+,19-,20+,21-/m1/s1. The molecular weight excluding hydrogens is 468 g/mol. The van der Waals surface area contributed by atoms with Crippen LogP contribution in [0.1, 0.15) is 22.8 Å².